The van der Waals surface area contributed by atoms with Crippen LogP contribution < -0.4 is 20.5 Å². The van der Waals surface area contributed by atoms with E-state index in [2.05, 4.69) is 48.6 Å². The van der Waals surface area contributed by atoms with E-state index >= 15 is 0 Å². The number of nitrogens with zero attached hydrogens (tertiary/aromatic N) is 8. The second-order valence-electron chi connectivity index (χ2n) is 11.7. The molecule has 0 atom stereocenters. The summed E-state index contributed by atoms with van der Waals surface area (Å²) in [6, 6.07) is 16.6. The van der Waals surface area contributed by atoms with Crippen molar-refractivity contribution in [3.63, 3.8) is 0 Å². The van der Waals surface area contributed by atoms with E-state index in [1.807, 2.05) is 0 Å². The number of rotatable bonds is 8. The van der Waals surface area contributed by atoms with Crippen LogP contribution >= 0.6 is 24.1 Å². The normalized spacial score (nSPS) is 12.3. The third-order valence-electron chi connectivity index (χ3n) is 8.48. The summed E-state index contributed by atoms with van der Waals surface area (Å²) in [5.74, 6) is -0.0126. The van der Waals surface area contributed by atoms with Gasteiger partial charge in [-0.05, 0) is 70.1 Å². The topological polar surface area (TPSA) is 320 Å². The van der Waals surface area contributed by atoms with Crippen molar-refractivity contribution in [1.82, 2.24) is 39.9 Å². The molecule has 291 valence electrons. The molecule has 4 aromatic carbocycles. The molecule has 5 heterocycles. The third-order valence-corrected chi connectivity index (χ3v) is 11.3. The first-order chi connectivity index (χ1) is 27.9. The second kappa shape index (κ2) is 15.6. The maximum atomic E-state index is 12.1. The first-order valence-electron chi connectivity index (χ1n) is 15.5. The van der Waals surface area contributed by atoms with Gasteiger partial charge in [0.05, 0.1) is 57.2 Å². The van der Waals surface area contributed by atoms with Gasteiger partial charge in [-0.15, -0.1) is 0 Å². The van der Waals surface area contributed by atoms with Gasteiger partial charge in [0, 0.05) is 54.6 Å². The van der Waals surface area contributed by atoms with Gasteiger partial charge in [-0.3, -0.25) is 10.1 Å². The van der Waals surface area contributed by atoms with Gasteiger partial charge in [-0.1, -0.05) is 24.3 Å². The third kappa shape index (κ3) is 7.40. The van der Waals surface area contributed by atoms with Crippen LogP contribution in [0.25, 0.3) is 89.7 Å². The molecule has 0 fully saturated rings. The van der Waals surface area contributed by atoms with E-state index in [0.29, 0.717) is 55.8 Å². The Morgan fingerprint density at radius 2 is 0.879 bits per heavy atom. The number of benzene rings is 4. The van der Waals surface area contributed by atoms with Gasteiger partial charge in [-0.2, -0.15) is 8.67 Å². The Bertz CT molecular complexity index is 3240. The van der Waals surface area contributed by atoms with E-state index in [0.717, 1.165) is 41.6 Å². The van der Waals surface area contributed by atoms with Crippen LogP contribution in [0.1, 0.15) is 0 Å². The Hall–Kier alpha value is -5.10. The molecule has 0 unspecified atom stereocenters. The maximum absolute atomic E-state index is 12.1. The minimum atomic E-state index is -4.94. The quantitative estimate of drug-likeness (QED) is 0.0913. The molecule has 26 heteroatoms. The summed E-state index contributed by atoms with van der Waals surface area (Å²) in [4.78, 5) is 36.9. The Labute approximate surface area is 340 Å². The van der Waals surface area contributed by atoms with E-state index < -0.39 is 30.0 Å². The fraction of sp³-hybridized carbons (Fsp3) is 0. The molecule has 0 spiro atoms. The van der Waals surface area contributed by atoms with Gasteiger partial charge in [0.15, 0.2) is 0 Å². The zero-order valence-electron chi connectivity index (χ0n) is 27.9. The standard InChI is InChI=1S/C32H16N8O12S4.O.V/c41-49-51-53-13-1-5-17-21(9-13)30-34-25(17)33-29-22-10-14(54-52-50-42)2-6-18(22)26(35-29)37-31-24-12-16(56(46,47)48)4-8-20(24)28(39-31)40-32-23-11-15(55(43,44)45)3-7-19(23)27(36-30)38-32;;/h1-12H,(H4-2,33,34,35,36,37,38,39,40,41,42,43,44,45,46,47,48);;/q-2;;+2/p-4. The second-order valence-corrected chi connectivity index (χ2v) is 16.0. The van der Waals surface area contributed by atoms with E-state index in [1.165, 1.54) is 12.1 Å². The Morgan fingerprint density at radius 1 is 0.483 bits per heavy atom. The van der Waals surface area contributed by atoms with Crippen LogP contribution in [-0.2, 0) is 60.0 Å². The zero-order valence-corrected chi connectivity index (χ0v) is 32.6. The molecule has 3 aromatic heterocycles. The molecular formula is C32H12N8O13S4V-4. The Balaban J connectivity index is 0.00000231. The van der Waals surface area contributed by atoms with Crippen molar-refractivity contribution in [1.29, 1.82) is 0 Å². The first kappa shape index (κ1) is 39.7. The number of fused-ring (bicyclic) bond motifs is 20. The molecule has 2 aliphatic heterocycles. The summed E-state index contributed by atoms with van der Waals surface area (Å²) in [6.07, 6.45) is 0. The van der Waals surface area contributed by atoms with Crippen molar-refractivity contribution in [3.05, 3.63) is 72.8 Å². The van der Waals surface area contributed by atoms with E-state index in [4.69, 9.17) is 13.6 Å². The van der Waals surface area contributed by atoms with Crippen molar-refractivity contribution in [2.24, 2.45) is 0 Å². The van der Waals surface area contributed by atoms with Crippen LogP contribution in [-0.4, -0.2) is 55.8 Å². The molecule has 21 nitrogen and oxygen atoms in total. The minimum absolute atomic E-state index is 0.00854. The van der Waals surface area contributed by atoms with Gasteiger partial charge >= 0.3 is 21.0 Å². The van der Waals surface area contributed by atoms with Crippen LogP contribution in [0.3, 0.4) is 0 Å². The molecule has 9 rings (SSSR count). The van der Waals surface area contributed by atoms with Crippen LogP contribution in [0.2, 0.25) is 0 Å². The van der Waals surface area contributed by atoms with Crippen LogP contribution in [0.4, 0.5) is 0 Å². The Morgan fingerprint density at radius 3 is 1.41 bits per heavy atom. The van der Waals surface area contributed by atoms with Crippen molar-refractivity contribution < 1.29 is 76.2 Å². The average molecular weight is 896 g/mol. The molecule has 0 radical (unpaired) electrons. The van der Waals surface area contributed by atoms with Crippen molar-refractivity contribution in [3.8, 4) is 45.6 Å². The van der Waals surface area contributed by atoms with Gasteiger partial charge < -0.3 is 49.5 Å². The summed E-state index contributed by atoms with van der Waals surface area (Å²) in [6.45, 7) is 0. The van der Waals surface area contributed by atoms with Crippen molar-refractivity contribution in [2.45, 2.75) is 19.6 Å². The number of hydrogen-bond donors (Lipinski definition) is 0. The Kier molecular flexibility index (Phi) is 10.7. The fourth-order valence-corrected chi connectivity index (χ4v) is 7.89. The molecule has 0 aliphatic carbocycles. The molecule has 58 heavy (non-hydrogen) atoms. The van der Waals surface area contributed by atoms with Crippen LogP contribution in [0.15, 0.2) is 92.4 Å². The molecular weight excluding hydrogens is 884 g/mol. The van der Waals surface area contributed by atoms with Gasteiger partial charge in [0.1, 0.15) is 20.2 Å². The molecule has 2 aliphatic rings. The summed E-state index contributed by atoms with van der Waals surface area (Å²) in [5, 5.41) is 29.3. The van der Waals surface area contributed by atoms with Crippen LogP contribution in [0, 0.1) is 0 Å². The van der Waals surface area contributed by atoms with Crippen molar-refractivity contribution in [2.75, 3.05) is 0 Å². The van der Waals surface area contributed by atoms with Crippen molar-refractivity contribution >= 4 is 88.5 Å². The molecule has 0 amide bonds. The molecule has 0 saturated heterocycles. The van der Waals surface area contributed by atoms with Gasteiger partial charge in [0.25, 0.3) is 0 Å². The van der Waals surface area contributed by atoms with Gasteiger partial charge in [-0.25, -0.2) is 26.8 Å². The SMILES string of the molecule is O=S(=O)([O-])c1ccc2c(c1)-c1nc-2nc2[n-]c(nc3nc(nc4[n-]c(n1)c1ccc(SOO[O-])cc41)-c1ccc(SOO[O-])cc1-3)c1ccc(S(=O)(=O)[O-])cc21.[O]=[V+2]. The summed E-state index contributed by atoms with van der Waals surface area (Å²) in [5.41, 5.74) is 1.14. The number of hydrogen-bond acceptors (Lipinski definition) is 21. The monoisotopic (exact) mass is 895 g/mol. The summed E-state index contributed by atoms with van der Waals surface area (Å²) in [7, 11) is -9.89. The average Bonchev–Trinajstić information content (AvgIpc) is 3.94. The number of aromatic nitrogens is 8. The summed E-state index contributed by atoms with van der Waals surface area (Å²) < 4.78 is 89.7. The predicted molar refractivity (Wildman–Crippen MR) is 187 cm³/mol. The van der Waals surface area contributed by atoms with E-state index in [1.54, 1.807) is 36.4 Å². The first-order valence-corrected chi connectivity index (χ1v) is 20.4. The van der Waals surface area contributed by atoms with Crippen LogP contribution in [0.5, 0.6) is 0 Å². The molecule has 8 bridgehead atoms. The molecule has 0 N–H and O–H groups in total. The fourth-order valence-electron chi connectivity index (χ4n) is 6.10. The van der Waals surface area contributed by atoms with Gasteiger partial charge in [0.2, 0.25) is 0 Å². The van der Waals surface area contributed by atoms with E-state index in [9.17, 15) is 36.5 Å². The predicted octanol–water partition coefficient (Wildman–Crippen LogP) is 2.28. The molecule has 7 aromatic rings. The summed E-state index contributed by atoms with van der Waals surface area (Å²) >= 11 is 2.30. The van der Waals surface area contributed by atoms with E-state index in [-0.39, 0.29) is 67.8 Å². The zero-order chi connectivity index (χ0) is 40.9. The molecule has 0 saturated carbocycles.